The van der Waals surface area contributed by atoms with E-state index in [1.165, 1.54) is 19.4 Å². The lowest BCUT2D eigenvalue weighted by molar-refractivity contribution is 0.394. The summed E-state index contributed by atoms with van der Waals surface area (Å²) in [7, 11) is 4.22. The Morgan fingerprint density at radius 1 is 1.27 bits per heavy atom. The molecule has 0 aliphatic carbocycles. The van der Waals surface area contributed by atoms with E-state index in [2.05, 4.69) is 24.3 Å². The molecule has 0 aromatic rings. The quantitative estimate of drug-likeness (QED) is 0.586. The van der Waals surface area contributed by atoms with Crippen LogP contribution in [0.5, 0.6) is 0 Å². The van der Waals surface area contributed by atoms with Gasteiger partial charge in [-0.05, 0) is 46.6 Å². The van der Waals surface area contributed by atoms with Gasteiger partial charge in [0.25, 0.3) is 0 Å². The summed E-state index contributed by atoms with van der Waals surface area (Å²) in [5.41, 5.74) is 0. The molecule has 1 N–H and O–H groups in total. The Morgan fingerprint density at radius 3 is 2.55 bits per heavy atom. The van der Waals surface area contributed by atoms with E-state index in [0.29, 0.717) is 0 Å². The van der Waals surface area contributed by atoms with Crippen molar-refractivity contribution in [3.8, 4) is 0 Å². The lowest BCUT2D eigenvalue weighted by atomic mass is 10.3. The number of hydrogen-bond donors (Lipinski definition) is 1. The molecule has 2 nitrogen and oxygen atoms in total. The maximum Gasteiger partial charge on any atom is 0.0141 e. The van der Waals surface area contributed by atoms with Crippen molar-refractivity contribution in [2.75, 3.05) is 27.2 Å². The maximum absolute atomic E-state index is 3.21. The molecular formula is C9H20N2. The highest BCUT2D eigenvalue weighted by Crippen LogP contribution is 1.88. The normalized spacial score (nSPS) is 11.3. The van der Waals surface area contributed by atoms with E-state index in [-0.39, 0.29) is 0 Å². The van der Waals surface area contributed by atoms with Crippen LogP contribution in [-0.4, -0.2) is 32.1 Å². The Balaban J connectivity index is 2.91. The van der Waals surface area contributed by atoms with E-state index in [4.69, 9.17) is 0 Å². The molecule has 0 radical (unpaired) electrons. The van der Waals surface area contributed by atoms with Gasteiger partial charge in [-0.1, -0.05) is 6.08 Å². The van der Waals surface area contributed by atoms with Crippen LogP contribution < -0.4 is 5.32 Å². The van der Waals surface area contributed by atoms with Gasteiger partial charge in [0.15, 0.2) is 0 Å². The molecule has 11 heavy (non-hydrogen) atoms. The van der Waals surface area contributed by atoms with E-state index in [9.17, 15) is 0 Å². The molecule has 0 heterocycles. The van der Waals surface area contributed by atoms with Crippen molar-refractivity contribution < 1.29 is 0 Å². The molecule has 0 amide bonds. The van der Waals surface area contributed by atoms with Crippen LogP contribution in [0.1, 0.15) is 19.8 Å². The summed E-state index contributed by atoms with van der Waals surface area (Å²) in [6, 6.07) is 0. The number of allylic oxidation sites excluding steroid dienone is 1. The zero-order chi connectivity index (χ0) is 8.53. The van der Waals surface area contributed by atoms with Crippen molar-refractivity contribution in [2.45, 2.75) is 19.8 Å². The maximum atomic E-state index is 3.21. The molecular weight excluding hydrogens is 136 g/mol. The summed E-state index contributed by atoms with van der Waals surface area (Å²) in [5.74, 6) is 0. The Labute approximate surface area is 70.3 Å². The van der Waals surface area contributed by atoms with Gasteiger partial charge in [-0.3, -0.25) is 0 Å². The van der Waals surface area contributed by atoms with E-state index in [0.717, 1.165) is 6.54 Å². The van der Waals surface area contributed by atoms with Gasteiger partial charge in [-0.2, -0.15) is 0 Å². The van der Waals surface area contributed by atoms with Gasteiger partial charge in [0.05, 0.1) is 0 Å². The molecule has 66 valence electrons. The average molecular weight is 156 g/mol. The van der Waals surface area contributed by atoms with E-state index in [1.807, 2.05) is 19.2 Å². The second-order valence-corrected chi connectivity index (χ2v) is 2.96. The average Bonchev–Trinajstić information content (AvgIpc) is 1.96. The summed E-state index contributed by atoms with van der Waals surface area (Å²) in [6.45, 7) is 4.31. The molecule has 0 saturated heterocycles. The predicted octanol–water partition coefficient (Wildman–Crippen LogP) is 1.45. The summed E-state index contributed by atoms with van der Waals surface area (Å²) < 4.78 is 0. The fourth-order valence-electron chi connectivity index (χ4n) is 0.856. The fraction of sp³-hybridized carbons (Fsp3) is 0.778. The Kier molecular flexibility index (Phi) is 7.26. The van der Waals surface area contributed by atoms with Gasteiger partial charge in [0.2, 0.25) is 0 Å². The summed E-state index contributed by atoms with van der Waals surface area (Å²) >= 11 is 0. The minimum Gasteiger partial charge on any atom is -0.391 e. The molecule has 0 aliphatic heterocycles. The Hall–Kier alpha value is -0.500. The summed E-state index contributed by atoms with van der Waals surface area (Å²) in [5, 5.41) is 3.21. The number of unbranched alkanes of at least 4 members (excludes halogenated alkanes) is 1. The first-order valence-electron chi connectivity index (χ1n) is 4.26. The van der Waals surface area contributed by atoms with Gasteiger partial charge >= 0.3 is 0 Å². The first-order valence-corrected chi connectivity index (χ1v) is 4.26. The number of nitrogens with zero attached hydrogens (tertiary/aromatic N) is 1. The van der Waals surface area contributed by atoms with Gasteiger partial charge in [0, 0.05) is 6.54 Å². The molecule has 0 rings (SSSR count). The minimum atomic E-state index is 1.10. The zero-order valence-electron chi connectivity index (χ0n) is 7.93. The lowest BCUT2D eigenvalue weighted by Crippen LogP contribution is -2.15. The molecule has 0 unspecified atom stereocenters. The standard InChI is InChI=1S/C9H20N2/c1-4-7-10-8-5-6-9-11(2)3/h4,7,10H,5-6,8-9H2,1-3H3. The molecule has 0 spiro atoms. The van der Waals surface area contributed by atoms with Crippen LogP contribution in [-0.2, 0) is 0 Å². The van der Waals surface area contributed by atoms with Crippen molar-refractivity contribution in [1.29, 1.82) is 0 Å². The van der Waals surface area contributed by atoms with Crippen molar-refractivity contribution in [3.63, 3.8) is 0 Å². The van der Waals surface area contributed by atoms with Crippen molar-refractivity contribution in [3.05, 3.63) is 12.3 Å². The highest BCUT2D eigenvalue weighted by molar-refractivity contribution is 4.73. The Morgan fingerprint density at radius 2 is 2.00 bits per heavy atom. The molecule has 0 aromatic heterocycles. The predicted molar refractivity (Wildman–Crippen MR) is 50.6 cm³/mol. The highest BCUT2D eigenvalue weighted by atomic mass is 15.0. The number of hydrogen-bond acceptors (Lipinski definition) is 2. The van der Waals surface area contributed by atoms with Gasteiger partial charge in [-0.15, -0.1) is 0 Å². The van der Waals surface area contributed by atoms with Crippen LogP contribution in [0, 0.1) is 0 Å². The largest absolute Gasteiger partial charge is 0.391 e. The second kappa shape index (κ2) is 7.61. The molecule has 0 aromatic carbocycles. The van der Waals surface area contributed by atoms with Crippen LogP contribution in [0.25, 0.3) is 0 Å². The molecule has 0 fully saturated rings. The third-order valence-electron chi connectivity index (χ3n) is 1.46. The molecule has 0 bridgehead atoms. The van der Waals surface area contributed by atoms with Crippen molar-refractivity contribution >= 4 is 0 Å². The fourth-order valence-corrected chi connectivity index (χ4v) is 0.856. The monoisotopic (exact) mass is 156 g/mol. The van der Waals surface area contributed by atoms with Gasteiger partial charge < -0.3 is 10.2 Å². The number of rotatable bonds is 6. The van der Waals surface area contributed by atoms with Crippen LogP contribution in [0.15, 0.2) is 12.3 Å². The highest BCUT2D eigenvalue weighted by Gasteiger charge is 1.88. The summed E-state index contributed by atoms with van der Waals surface area (Å²) in [6.07, 6.45) is 6.54. The summed E-state index contributed by atoms with van der Waals surface area (Å²) in [4.78, 5) is 2.22. The van der Waals surface area contributed by atoms with E-state index < -0.39 is 0 Å². The Bertz CT molecular complexity index is 97.7. The third-order valence-corrected chi connectivity index (χ3v) is 1.46. The molecule has 0 atom stereocenters. The smallest absolute Gasteiger partial charge is 0.0141 e. The first-order chi connectivity index (χ1) is 5.27. The first kappa shape index (κ1) is 10.5. The molecule has 2 heteroatoms. The van der Waals surface area contributed by atoms with E-state index >= 15 is 0 Å². The lowest BCUT2D eigenvalue weighted by Gasteiger charge is -2.08. The topological polar surface area (TPSA) is 15.3 Å². The minimum absolute atomic E-state index is 1.10. The third kappa shape index (κ3) is 9.50. The number of nitrogens with one attached hydrogen (secondary N) is 1. The van der Waals surface area contributed by atoms with Crippen LogP contribution in [0.3, 0.4) is 0 Å². The van der Waals surface area contributed by atoms with Crippen LogP contribution in [0.2, 0.25) is 0 Å². The van der Waals surface area contributed by atoms with E-state index in [1.54, 1.807) is 0 Å². The van der Waals surface area contributed by atoms with Crippen LogP contribution >= 0.6 is 0 Å². The second-order valence-electron chi connectivity index (χ2n) is 2.96. The van der Waals surface area contributed by atoms with Crippen LogP contribution in [0.4, 0.5) is 0 Å². The molecule has 0 aliphatic rings. The van der Waals surface area contributed by atoms with Crippen molar-refractivity contribution in [1.82, 2.24) is 10.2 Å². The molecule has 0 saturated carbocycles. The van der Waals surface area contributed by atoms with Crippen molar-refractivity contribution in [2.24, 2.45) is 0 Å². The zero-order valence-corrected chi connectivity index (χ0v) is 7.93. The SMILES string of the molecule is CC=CNCCCCN(C)C. The van der Waals surface area contributed by atoms with Gasteiger partial charge in [0.1, 0.15) is 0 Å². The van der Waals surface area contributed by atoms with Gasteiger partial charge in [-0.25, -0.2) is 0 Å².